The van der Waals surface area contributed by atoms with Crippen molar-refractivity contribution in [3.8, 4) is 0 Å². The summed E-state index contributed by atoms with van der Waals surface area (Å²) in [5.74, 6) is 0.950. The van der Waals surface area contributed by atoms with Crippen LogP contribution in [0.1, 0.15) is 71.6 Å². The fraction of sp³-hybridized carbons (Fsp3) is 1.00. The van der Waals surface area contributed by atoms with E-state index in [-0.39, 0.29) is 0 Å². The lowest BCUT2D eigenvalue weighted by molar-refractivity contribution is 0.0640. The highest BCUT2D eigenvalue weighted by Crippen LogP contribution is 2.40. The summed E-state index contributed by atoms with van der Waals surface area (Å²) in [6, 6.07) is 0.852. The van der Waals surface area contributed by atoms with Gasteiger partial charge >= 0.3 is 0 Å². The van der Waals surface area contributed by atoms with Gasteiger partial charge < -0.3 is 5.32 Å². The molecule has 20 heavy (non-hydrogen) atoms. The predicted molar refractivity (Wildman–Crippen MR) is 88.1 cm³/mol. The first-order chi connectivity index (χ1) is 9.69. The van der Waals surface area contributed by atoms with E-state index in [2.05, 4.69) is 31.1 Å². The molecule has 0 spiro atoms. The number of hydrogen-bond donors (Lipinski definition) is 1. The van der Waals surface area contributed by atoms with Crippen LogP contribution in [0.2, 0.25) is 0 Å². The molecular weight excluding hydrogens is 244 g/mol. The van der Waals surface area contributed by atoms with E-state index in [1.807, 2.05) is 0 Å². The van der Waals surface area contributed by atoms with Crippen LogP contribution in [-0.4, -0.2) is 37.6 Å². The Labute approximate surface area is 126 Å². The minimum absolute atomic E-state index is 0.555. The molecule has 2 rings (SSSR count). The maximum absolute atomic E-state index is 3.50. The van der Waals surface area contributed by atoms with Gasteiger partial charge in [-0.05, 0) is 57.0 Å². The maximum atomic E-state index is 3.50. The van der Waals surface area contributed by atoms with Crippen molar-refractivity contribution >= 4 is 0 Å². The Balaban J connectivity index is 2.01. The molecule has 0 radical (unpaired) electrons. The fourth-order valence-electron chi connectivity index (χ4n) is 4.48. The second-order valence-electron chi connectivity index (χ2n) is 7.59. The van der Waals surface area contributed by atoms with Crippen molar-refractivity contribution in [3.63, 3.8) is 0 Å². The Hall–Kier alpha value is -0.0800. The van der Waals surface area contributed by atoms with Gasteiger partial charge in [0.25, 0.3) is 0 Å². The normalized spacial score (nSPS) is 36.8. The van der Waals surface area contributed by atoms with Gasteiger partial charge in [0.1, 0.15) is 0 Å². The monoisotopic (exact) mass is 280 g/mol. The number of rotatable bonds is 5. The number of nitrogens with one attached hydrogen (secondary N) is 1. The van der Waals surface area contributed by atoms with Crippen molar-refractivity contribution in [1.82, 2.24) is 10.2 Å². The van der Waals surface area contributed by atoms with E-state index >= 15 is 0 Å². The number of likely N-dealkylation sites (tertiary alicyclic amines) is 1. The van der Waals surface area contributed by atoms with E-state index in [0.717, 1.165) is 12.0 Å². The van der Waals surface area contributed by atoms with Crippen molar-refractivity contribution in [1.29, 1.82) is 0 Å². The molecule has 118 valence electrons. The van der Waals surface area contributed by atoms with Crippen LogP contribution in [0.5, 0.6) is 0 Å². The molecule has 1 aliphatic heterocycles. The lowest BCUT2D eigenvalue weighted by Crippen LogP contribution is -2.48. The summed E-state index contributed by atoms with van der Waals surface area (Å²) in [4.78, 5) is 2.86. The Bertz CT molecular complexity index is 269. The van der Waals surface area contributed by atoms with Gasteiger partial charge in [-0.25, -0.2) is 0 Å². The predicted octanol–water partition coefficient (Wildman–Crippen LogP) is 4.06. The minimum Gasteiger partial charge on any atom is -0.319 e. The van der Waals surface area contributed by atoms with Gasteiger partial charge in [-0.1, -0.05) is 39.5 Å². The molecule has 1 saturated carbocycles. The zero-order chi connectivity index (χ0) is 14.4. The summed E-state index contributed by atoms with van der Waals surface area (Å²) in [7, 11) is 2.14. The Morgan fingerprint density at radius 2 is 1.85 bits per heavy atom. The summed E-state index contributed by atoms with van der Waals surface area (Å²) < 4.78 is 0. The van der Waals surface area contributed by atoms with Crippen LogP contribution in [0.3, 0.4) is 0 Å². The van der Waals surface area contributed by atoms with Gasteiger partial charge in [0.2, 0.25) is 0 Å². The highest BCUT2D eigenvalue weighted by molar-refractivity contribution is 4.91. The third-order valence-corrected chi connectivity index (χ3v) is 5.90. The molecule has 0 aromatic rings. The second-order valence-corrected chi connectivity index (χ2v) is 7.59. The molecule has 2 heteroatoms. The molecule has 0 bridgehead atoms. The molecule has 1 unspecified atom stereocenters. The van der Waals surface area contributed by atoms with E-state index in [1.165, 1.54) is 77.4 Å². The average molecular weight is 281 g/mol. The first-order valence-electron chi connectivity index (χ1n) is 9.08. The quantitative estimate of drug-likeness (QED) is 0.817. The first-order valence-corrected chi connectivity index (χ1v) is 9.08. The lowest BCUT2D eigenvalue weighted by atomic mass is 9.70. The summed E-state index contributed by atoms with van der Waals surface area (Å²) in [5.41, 5.74) is 0.555. The standard InChI is InChI=1S/C18H36N2/c1-4-17-8-6-5-7-13-20(17)15-18(14-19-3)11-9-16(2)10-12-18/h16-17,19H,4-15H2,1-3H3. The Morgan fingerprint density at radius 3 is 2.50 bits per heavy atom. The number of nitrogens with zero attached hydrogens (tertiary/aromatic N) is 1. The van der Waals surface area contributed by atoms with E-state index in [9.17, 15) is 0 Å². The molecule has 1 aliphatic carbocycles. The van der Waals surface area contributed by atoms with E-state index in [1.54, 1.807) is 0 Å². The van der Waals surface area contributed by atoms with E-state index in [0.29, 0.717) is 5.41 Å². The fourth-order valence-corrected chi connectivity index (χ4v) is 4.48. The first kappa shape index (κ1) is 16.3. The molecular formula is C18H36N2. The van der Waals surface area contributed by atoms with E-state index in [4.69, 9.17) is 0 Å². The van der Waals surface area contributed by atoms with Crippen LogP contribution < -0.4 is 5.32 Å². The molecule has 1 heterocycles. The summed E-state index contributed by atoms with van der Waals surface area (Å²) in [6.45, 7) is 8.73. The van der Waals surface area contributed by atoms with Crippen molar-refractivity contribution < 1.29 is 0 Å². The van der Waals surface area contributed by atoms with Crippen LogP contribution >= 0.6 is 0 Å². The van der Waals surface area contributed by atoms with Crippen molar-refractivity contribution in [3.05, 3.63) is 0 Å². The van der Waals surface area contributed by atoms with Gasteiger partial charge in [0.05, 0.1) is 0 Å². The van der Waals surface area contributed by atoms with Crippen LogP contribution in [-0.2, 0) is 0 Å². The second kappa shape index (κ2) is 7.79. The van der Waals surface area contributed by atoms with Gasteiger partial charge in [-0.2, -0.15) is 0 Å². The zero-order valence-corrected chi connectivity index (χ0v) is 14.1. The maximum Gasteiger partial charge on any atom is 0.00928 e. The van der Waals surface area contributed by atoms with Crippen molar-refractivity contribution in [2.75, 3.05) is 26.7 Å². The van der Waals surface area contributed by atoms with Crippen molar-refractivity contribution in [2.45, 2.75) is 77.7 Å². The van der Waals surface area contributed by atoms with Crippen LogP contribution in [0.4, 0.5) is 0 Å². The van der Waals surface area contributed by atoms with Gasteiger partial charge in [-0.3, -0.25) is 4.90 Å². The average Bonchev–Trinajstić information content (AvgIpc) is 2.67. The Kier molecular flexibility index (Phi) is 6.35. The molecule has 1 N–H and O–H groups in total. The van der Waals surface area contributed by atoms with E-state index < -0.39 is 0 Å². The van der Waals surface area contributed by atoms with Gasteiger partial charge in [-0.15, -0.1) is 0 Å². The molecule has 0 amide bonds. The van der Waals surface area contributed by atoms with Crippen LogP contribution in [0.25, 0.3) is 0 Å². The summed E-state index contributed by atoms with van der Waals surface area (Å²) in [5, 5.41) is 3.50. The van der Waals surface area contributed by atoms with Crippen LogP contribution in [0, 0.1) is 11.3 Å². The Morgan fingerprint density at radius 1 is 1.10 bits per heavy atom. The minimum atomic E-state index is 0.555. The molecule has 1 atom stereocenters. The third kappa shape index (κ3) is 4.21. The molecule has 2 nitrogen and oxygen atoms in total. The molecule has 0 aromatic heterocycles. The third-order valence-electron chi connectivity index (χ3n) is 5.90. The highest BCUT2D eigenvalue weighted by atomic mass is 15.2. The topological polar surface area (TPSA) is 15.3 Å². The molecule has 2 aliphatic rings. The van der Waals surface area contributed by atoms with Crippen molar-refractivity contribution in [2.24, 2.45) is 11.3 Å². The van der Waals surface area contributed by atoms with Gasteiger partial charge in [0, 0.05) is 19.1 Å². The van der Waals surface area contributed by atoms with Crippen LogP contribution in [0.15, 0.2) is 0 Å². The van der Waals surface area contributed by atoms with Gasteiger partial charge in [0.15, 0.2) is 0 Å². The molecule has 0 aromatic carbocycles. The highest BCUT2D eigenvalue weighted by Gasteiger charge is 2.36. The zero-order valence-electron chi connectivity index (χ0n) is 14.1. The lowest BCUT2D eigenvalue weighted by Gasteiger charge is -2.44. The summed E-state index contributed by atoms with van der Waals surface area (Å²) in [6.07, 6.45) is 12.8. The molecule has 1 saturated heterocycles. The molecule has 2 fully saturated rings. The largest absolute Gasteiger partial charge is 0.319 e. The SMILES string of the molecule is CCC1CCCCCN1CC1(CNC)CCC(C)CC1. The number of hydrogen-bond acceptors (Lipinski definition) is 2. The smallest absolute Gasteiger partial charge is 0.00928 e. The summed E-state index contributed by atoms with van der Waals surface area (Å²) >= 11 is 0.